The number of hydrogen-bond acceptors (Lipinski definition) is 7. The van der Waals surface area contributed by atoms with E-state index in [1.165, 1.54) is 73.5 Å². The van der Waals surface area contributed by atoms with Crippen molar-refractivity contribution < 1.29 is 32.1 Å². The molecule has 2 amide bonds. The van der Waals surface area contributed by atoms with E-state index in [0.717, 1.165) is 36.1 Å². The average molecular weight is 675 g/mol. The Labute approximate surface area is 272 Å². The van der Waals surface area contributed by atoms with E-state index < -0.39 is 49.8 Å². The number of nitrogens with one attached hydrogen (secondary N) is 1. The van der Waals surface area contributed by atoms with E-state index in [-0.39, 0.29) is 46.9 Å². The summed E-state index contributed by atoms with van der Waals surface area (Å²) < 4.78 is 48.5. The zero-order chi connectivity index (χ0) is 33.6. The van der Waals surface area contributed by atoms with Crippen LogP contribution < -0.4 is 14.4 Å². The molecule has 1 atom stereocenters. The third-order valence-electron chi connectivity index (χ3n) is 8.01. The summed E-state index contributed by atoms with van der Waals surface area (Å²) in [7, 11) is -3.35. The van der Waals surface area contributed by atoms with Gasteiger partial charge in [0.05, 0.1) is 22.6 Å². The Morgan fingerprint density at radius 2 is 1.78 bits per heavy atom. The van der Waals surface area contributed by atoms with Crippen LogP contribution in [0.5, 0.6) is 5.75 Å². The minimum absolute atomic E-state index is 0.0331. The molecule has 0 aromatic heterocycles. The fourth-order valence-electron chi connectivity index (χ4n) is 5.52. The Morgan fingerprint density at radius 1 is 1.11 bits per heavy atom. The molecule has 0 saturated heterocycles. The van der Waals surface area contributed by atoms with Crippen molar-refractivity contribution in [1.29, 1.82) is 0 Å². The Bertz CT molecular complexity index is 1700. The Morgan fingerprint density at radius 3 is 2.39 bits per heavy atom. The first-order valence-electron chi connectivity index (χ1n) is 14.8. The van der Waals surface area contributed by atoms with Crippen LogP contribution in [0.3, 0.4) is 0 Å². The Balaban J connectivity index is 1.81. The first kappa shape index (κ1) is 34.6. The zero-order valence-electron chi connectivity index (χ0n) is 25.7. The quantitative estimate of drug-likeness (QED) is 0.179. The predicted molar refractivity (Wildman–Crippen MR) is 172 cm³/mol. The summed E-state index contributed by atoms with van der Waals surface area (Å²) in [6, 6.07) is 12.1. The van der Waals surface area contributed by atoms with Gasteiger partial charge in [0.25, 0.3) is 15.7 Å². The molecule has 14 heteroatoms. The molecule has 46 heavy (non-hydrogen) atoms. The van der Waals surface area contributed by atoms with E-state index in [4.69, 9.17) is 16.3 Å². The van der Waals surface area contributed by atoms with Crippen LogP contribution in [0.15, 0.2) is 65.6 Å². The van der Waals surface area contributed by atoms with Gasteiger partial charge in [-0.05, 0) is 68.1 Å². The van der Waals surface area contributed by atoms with Crippen LogP contribution in [0.4, 0.5) is 15.8 Å². The summed E-state index contributed by atoms with van der Waals surface area (Å²) in [5.74, 6) is -1.54. The average Bonchev–Trinajstić information content (AvgIpc) is 3.53. The van der Waals surface area contributed by atoms with Gasteiger partial charge in [-0.25, -0.2) is 12.8 Å². The second-order valence-electron chi connectivity index (χ2n) is 11.1. The highest BCUT2D eigenvalue weighted by molar-refractivity contribution is 7.92. The van der Waals surface area contributed by atoms with Gasteiger partial charge in [-0.15, -0.1) is 0 Å². The zero-order valence-corrected chi connectivity index (χ0v) is 27.3. The van der Waals surface area contributed by atoms with Crippen molar-refractivity contribution in [2.45, 2.75) is 69.5 Å². The summed E-state index contributed by atoms with van der Waals surface area (Å²) in [4.78, 5) is 39.7. The lowest BCUT2D eigenvalue weighted by molar-refractivity contribution is -0.385. The third kappa shape index (κ3) is 7.94. The number of carbonyl (C=O) groups excluding carboxylic acids is 2. The SMILES string of the molecule is CC[C@H](C(=O)NC1CCCC1)N(Cc1ccc(F)cc1)C(=O)CN(c1cc(Cl)ccc1OC)S(=O)(=O)c1ccc(C)c([N+](=O)[O-])c1. The fraction of sp³-hybridized carbons (Fsp3) is 0.375. The summed E-state index contributed by atoms with van der Waals surface area (Å²) in [5, 5.41) is 14.8. The number of nitro benzene ring substituents is 1. The van der Waals surface area contributed by atoms with Gasteiger partial charge in [0, 0.05) is 29.2 Å². The van der Waals surface area contributed by atoms with E-state index in [2.05, 4.69) is 5.32 Å². The number of methoxy groups -OCH3 is 1. The number of aryl methyl sites for hydroxylation is 1. The largest absolute Gasteiger partial charge is 0.495 e. The summed E-state index contributed by atoms with van der Waals surface area (Å²) >= 11 is 6.27. The lowest BCUT2D eigenvalue weighted by atomic mass is 10.1. The van der Waals surface area contributed by atoms with Gasteiger partial charge in [-0.1, -0.05) is 49.6 Å². The highest BCUT2D eigenvalue weighted by atomic mass is 35.5. The highest BCUT2D eigenvalue weighted by Crippen LogP contribution is 2.36. The number of ether oxygens (including phenoxy) is 1. The van der Waals surface area contributed by atoms with Crippen LogP contribution in [0.1, 0.15) is 50.2 Å². The normalized spacial score (nSPS) is 14.0. The van der Waals surface area contributed by atoms with Crippen LogP contribution >= 0.6 is 11.6 Å². The summed E-state index contributed by atoms with van der Waals surface area (Å²) in [6.07, 6.45) is 3.80. The number of sulfonamides is 1. The molecule has 0 radical (unpaired) electrons. The van der Waals surface area contributed by atoms with Crippen LogP contribution in [0.25, 0.3) is 0 Å². The molecule has 1 aliphatic rings. The van der Waals surface area contributed by atoms with Crippen molar-refractivity contribution in [3.8, 4) is 5.75 Å². The van der Waals surface area contributed by atoms with E-state index >= 15 is 0 Å². The molecular weight excluding hydrogens is 639 g/mol. The number of anilines is 1. The minimum Gasteiger partial charge on any atom is -0.495 e. The fourth-order valence-corrected chi connectivity index (χ4v) is 7.12. The molecule has 0 heterocycles. The maximum absolute atomic E-state index is 14.3. The number of nitrogens with zero attached hydrogens (tertiary/aromatic N) is 3. The van der Waals surface area contributed by atoms with Crippen molar-refractivity contribution in [3.05, 3.63) is 92.7 Å². The maximum Gasteiger partial charge on any atom is 0.273 e. The maximum atomic E-state index is 14.3. The molecule has 3 aromatic carbocycles. The molecule has 0 unspecified atom stereocenters. The number of amides is 2. The standard InChI is InChI=1S/C32H36ClFN4O7S/c1-4-27(32(40)35-25-7-5-6-8-25)36(19-22-10-13-24(34)14-11-22)31(39)20-37(29-17-23(33)12-16-30(29)45-3)46(43,44)26-15-9-21(2)28(18-26)38(41)42/h9-18,25,27H,4-8,19-20H2,1-3H3,(H,35,40)/t27-/m1/s1. The number of benzene rings is 3. The molecule has 246 valence electrons. The van der Waals surface area contributed by atoms with Crippen molar-refractivity contribution in [2.75, 3.05) is 18.0 Å². The van der Waals surface area contributed by atoms with Crippen LogP contribution in [-0.4, -0.2) is 55.8 Å². The predicted octanol–water partition coefficient (Wildman–Crippen LogP) is 5.77. The molecule has 0 bridgehead atoms. The molecule has 1 aliphatic carbocycles. The highest BCUT2D eigenvalue weighted by Gasteiger charge is 2.36. The summed E-state index contributed by atoms with van der Waals surface area (Å²) in [5.41, 5.74) is 0.261. The van der Waals surface area contributed by atoms with E-state index in [1.807, 2.05) is 0 Å². The van der Waals surface area contributed by atoms with Gasteiger partial charge in [0.1, 0.15) is 24.2 Å². The van der Waals surface area contributed by atoms with Crippen LogP contribution in [0, 0.1) is 22.9 Å². The number of hydrogen-bond donors (Lipinski definition) is 1. The third-order valence-corrected chi connectivity index (χ3v) is 10.00. The number of nitro groups is 1. The Hall–Kier alpha value is -4.23. The first-order valence-corrected chi connectivity index (χ1v) is 16.6. The van der Waals surface area contributed by atoms with E-state index in [9.17, 15) is 32.5 Å². The van der Waals surface area contributed by atoms with Gasteiger partial charge in [0.15, 0.2) is 0 Å². The van der Waals surface area contributed by atoms with Crippen molar-refractivity contribution >= 4 is 44.8 Å². The van der Waals surface area contributed by atoms with Gasteiger partial charge in [-0.2, -0.15) is 0 Å². The smallest absolute Gasteiger partial charge is 0.273 e. The molecule has 4 rings (SSSR count). The van der Waals surface area contributed by atoms with Crippen molar-refractivity contribution in [3.63, 3.8) is 0 Å². The van der Waals surface area contributed by atoms with E-state index in [1.54, 1.807) is 6.92 Å². The van der Waals surface area contributed by atoms with Crippen molar-refractivity contribution in [1.82, 2.24) is 10.2 Å². The molecule has 1 saturated carbocycles. The monoisotopic (exact) mass is 674 g/mol. The second kappa shape index (κ2) is 14.9. The van der Waals surface area contributed by atoms with Gasteiger partial charge < -0.3 is 15.0 Å². The molecule has 11 nitrogen and oxygen atoms in total. The van der Waals surface area contributed by atoms with Gasteiger partial charge >= 0.3 is 0 Å². The van der Waals surface area contributed by atoms with Crippen molar-refractivity contribution in [2.24, 2.45) is 0 Å². The van der Waals surface area contributed by atoms with Crippen LogP contribution in [0.2, 0.25) is 5.02 Å². The topological polar surface area (TPSA) is 139 Å². The van der Waals surface area contributed by atoms with Gasteiger partial charge in [-0.3, -0.25) is 24.0 Å². The van der Waals surface area contributed by atoms with E-state index in [0.29, 0.717) is 5.56 Å². The molecule has 1 fully saturated rings. The second-order valence-corrected chi connectivity index (χ2v) is 13.4. The lowest BCUT2D eigenvalue weighted by Gasteiger charge is -2.34. The lowest BCUT2D eigenvalue weighted by Crippen LogP contribution is -2.53. The number of carbonyl (C=O) groups is 2. The van der Waals surface area contributed by atoms with Gasteiger partial charge in [0.2, 0.25) is 11.8 Å². The van der Waals surface area contributed by atoms with Crippen LogP contribution in [-0.2, 0) is 26.2 Å². The minimum atomic E-state index is -4.66. The first-order chi connectivity index (χ1) is 21.8. The molecule has 0 aliphatic heterocycles. The molecule has 0 spiro atoms. The molecular formula is C32H36ClFN4O7S. The number of rotatable bonds is 13. The molecule has 1 N–H and O–H groups in total. The Kier molecular flexibility index (Phi) is 11.2. The molecule has 3 aromatic rings. The number of halogens is 2. The summed E-state index contributed by atoms with van der Waals surface area (Å²) in [6.45, 7) is 2.29.